The van der Waals surface area contributed by atoms with Crippen LogP contribution in [-0.2, 0) is 13.1 Å². The van der Waals surface area contributed by atoms with E-state index in [0.717, 1.165) is 12.4 Å². The lowest BCUT2D eigenvalue weighted by atomic mass is 10.3. The minimum Gasteiger partial charge on any atom is -0.424 e. The molecule has 0 saturated heterocycles. The van der Waals surface area contributed by atoms with E-state index in [1.54, 1.807) is 0 Å². The van der Waals surface area contributed by atoms with Gasteiger partial charge in [0.05, 0.1) is 19.3 Å². The quantitative estimate of drug-likeness (QED) is 0.856. The zero-order valence-electron chi connectivity index (χ0n) is 11.3. The van der Waals surface area contributed by atoms with Crippen LogP contribution in [0.15, 0.2) is 16.8 Å². The number of aryl methyl sites for hydroxylation is 1. The molecule has 2 aromatic heterocycles. The normalized spacial score (nSPS) is 16.7. The number of hydrogen-bond acceptors (Lipinski definition) is 5. The van der Waals surface area contributed by atoms with Gasteiger partial charge in [0.1, 0.15) is 0 Å². The molecule has 0 bridgehead atoms. The van der Waals surface area contributed by atoms with Gasteiger partial charge in [0.25, 0.3) is 0 Å². The highest BCUT2D eigenvalue weighted by atomic mass is 16.4. The first-order valence-electron chi connectivity index (χ1n) is 6.75. The standard InChI is InChI=1S/C13H19N5O/c1-9-5-15-18(7-9)8-10(2)14-6-12-16-17-13(19-12)11-3-4-11/h5,7,10-11,14H,3-4,6,8H2,1-2H3/t10-/m1/s1. The molecule has 1 atom stereocenters. The van der Waals surface area contributed by atoms with Gasteiger partial charge in [0.15, 0.2) is 0 Å². The summed E-state index contributed by atoms with van der Waals surface area (Å²) in [6, 6.07) is 0.301. The van der Waals surface area contributed by atoms with Gasteiger partial charge in [-0.2, -0.15) is 5.10 Å². The lowest BCUT2D eigenvalue weighted by molar-refractivity contribution is 0.394. The molecule has 6 nitrogen and oxygen atoms in total. The smallest absolute Gasteiger partial charge is 0.230 e. The summed E-state index contributed by atoms with van der Waals surface area (Å²) in [4.78, 5) is 0. The van der Waals surface area contributed by atoms with Crippen LogP contribution in [0.1, 0.15) is 43.0 Å². The molecule has 19 heavy (non-hydrogen) atoms. The minimum absolute atomic E-state index is 0.301. The van der Waals surface area contributed by atoms with Crippen LogP contribution in [0, 0.1) is 6.92 Å². The van der Waals surface area contributed by atoms with Gasteiger partial charge in [-0.15, -0.1) is 10.2 Å². The van der Waals surface area contributed by atoms with E-state index in [0.29, 0.717) is 24.4 Å². The highest BCUT2D eigenvalue weighted by molar-refractivity contribution is 5.00. The lowest BCUT2D eigenvalue weighted by Crippen LogP contribution is -2.30. The van der Waals surface area contributed by atoms with E-state index in [2.05, 4.69) is 27.5 Å². The number of nitrogens with one attached hydrogen (secondary N) is 1. The van der Waals surface area contributed by atoms with Gasteiger partial charge < -0.3 is 9.73 Å². The van der Waals surface area contributed by atoms with E-state index >= 15 is 0 Å². The summed E-state index contributed by atoms with van der Waals surface area (Å²) >= 11 is 0. The Hall–Kier alpha value is -1.69. The van der Waals surface area contributed by atoms with E-state index in [-0.39, 0.29) is 0 Å². The first-order chi connectivity index (χ1) is 9.20. The highest BCUT2D eigenvalue weighted by Crippen LogP contribution is 2.38. The van der Waals surface area contributed by atoms with Crippen molar-refractivity contribution in [2.24, 2.45) is 0 Å². The van der Waals surface area contributed by atoms with Crippen molar-refractivity contribution in [3.8, 4) is 0 Å². The minimum atomic E-state index is 0.301. The molecule has 6 heteroatoms. The number of hydrogen-bond donors (Lipinski definition) is 1. The molecule has 1 fully saturated rings. The Morgan fingerprint density at radius 2 is 2.32 bits per heavy atom. The van der Waals surface area contributed by atoms with E-state index in [1.807, 2.05) is 24.0 Å². The van der Waals surface area contributed by atoms with Crippen LogP contribution < -0.4 is 5.32 Å². The molecule has 1 aliphatic carbocycles. The van der Waals surface area contributed by atoms with Crippen LogP contribution in [0.25, 0.3) is 0 Å². The summed E-state index contributed by atoms with van der Waals surface area (Å²) in [7, 11) is 0. The second-order valence-corrected chi connectivity index (χ2v) is 5.33. The summed E-state index contributed by atoms with van der Waals surface area (Å²) in [6.45, 7) is 5.60. The maximum Gasteiger partial charge on any atom is 0.230 e. The molecule has 2 heterocycles. The number of nitrogens with zero attached hydrogens (tertiary/aromatic N) is 4. The predicted molar refractivity (Wildman–Crippen MR) is 69.5 cm³/mol. The molecule has 3 rings (SSSR count). The third-order valence-corrected chi connectivity index (χ3v) is 3.23. The monoisotopic (exact) mass is 261 g/mol. The first kappa shape index (κ1) is 12.3. The van der Waals surface area contributed by atoms with Gasteiger partial charge in [-0.05, 0) is 32.3 Å². The molecular weight excluding hydrogens is 242 g/mol. The second-order valence-electron chi connectivity index (χ2n) is 5.33. The molecule has 0 aromatic carbocycles. The largest absolute Gasteiger partial charge is 0.424 e. The fourth-order valence-electron chi connectivity index (χ4n) is 2.01. The average molecular weight is 261 g/mol. The molecule has 1 aliphatic rings. The number of rotatable bonds is 6. The van der Waals surface area contributed by atoms with E-state index in [4.69, 9.17) is 4.42 Å². The average Bonchev–Trinajstić information content (AvgIpc) is 2.99. The Morgan fingerprint density at radius 1 is 1.47 bits per heavy atom. The first-order valence-corrected chi connectivity index (χ1v) is 6.75. The van der Waals surface area contributed by atoms with Crippen molar-refractivity contribution in [1.29, 1.82) is 0 Å². The van der Waals surface area contributed by atoms with Gasteiger partial charge >= 0.3 is 0 Å². The fourth-order valence-corrected chi connectivity index (χ4v) is 2.01. The van der Waals surface area contributed by atoms with Crippen molar-refractivity contribution in [1.82, 2.24) is 25.3 Å². The Bertz CT molecular complexity index is 543. The van der Waals surface area contributed by atoms with Crippen molar-refractivity contribution in [3.05, 3.63) is 29.7 Å². The molecule has 0 radical (unpaired) electrons. The van der Waals surface area contributed by atoms with Gasteiger partial charge in [-0.3, -0.25) is 4.68 Å². The van der Waals surface area contributed by atoms with Crippen LogP contribution >= 0.6 is 0 Å². The van der Waals surface area contributed by atoms with Gasteiger partial charge in [0, 0.05) is 18.2 Å². The Morgan fingerprint density at radius 3 is 3.00 bits per heavy atom. The van der Waals surface area contributed by atoms with Crippen LogP contribution in [0.5, 0.6) is 0 Å². The third kappa shape index (κ3) is 3.20. The zero-order valence-corrected chi connectivity index (χ0v) is 11.3. The fraction of sp³-hybridized carbons (Fsp3) is 0.615. The van der Waals surface area contributed by atoms with Crippen molar-refractivity contribution >= 4 is 0 Å². The van der Waals surface area contributed by atoms with E-state index in [1.165, 1.54) is 18.4 Å². The van der Waals surface area contributed by atoms with Crippen molar-refractivity contribution in [3.63, 3.8) is 0 Å². The van der Waals surface area contributed by atoms with Gasteiger partial charge in [-0.25, -0.2) is 0 Å². The molecule has 2 aromatic rings. The molecule has 0 aliphatic heterocycles. The molecule has 1 saturated carbocycles. The van der Waals surface area contributed by atoms with Gasteiger partial charge in [-0.1, -0.05) is 0 Å². The van der Waals surface area contributed by atoms with Crippen LogP contribution in [0.3, 0.4) is 0 Å². The van der Waals surface area contributed by atoms with Crippen LogP contribution in [-0.4, -0.2) is 26.0 Å². The molecule has 0 amide bonds. The van der Waals surface area contributed by atoms with Crippen LogP contribution in [0.4, 0.5) is 0 Å². The van der Waals surface area contributed by atoms with Crippen molar-refractivity contribution in [2.75, 3.05) is 0 Å². The zero-order chi connectivity index (χ0) is 13.2. The number of aromatic nitrogens is 4. The van der Waals surface area contributed by atoms with E-state index in [9.17, 15) is 0 Å². The molecular formula is C13H19N5O. The molecule has 102 valence electrons. The Kier molecular flexibility index (Phi) is 3.33. The second kappa shape index (κ2) is 5.13. The molecule has 0 spiro atoms. The van der Waals surface area contributed by atoms with Gasteiger partial charge in [0.2, 0.25) is 11.8 Å². The summed E-state index contributed by atoms with van der Waals surface area (Å²) in [6.07, 6.45) is 6.27. The highest BCUT2D eigenvalue weighted by Gasteiger charge is 2.29. The lowest BCUT2D eigenvalue weighted by Gasteiger charge is -2.12. The Labute approximate surface area is 112 Å². The molecule has 0 unspecified atom stereocenters. The maximum absolute atomic E-state index is 5.61. The summed E-state index contributed by atoms with van der Waals surface area (Å²) in [5.74, 6) is 1.99. The topological polar surface area (TPSA) is 68.8 Å². The summed E-state index contributed by atoms with van der Waals surface area (Å²) in [5, 5.41) is 15.8. The van der Waals surface area contributed by atoms with Crippen molar-refractivity contribution < 1.29 is 4.42 Å². The SMILES string of the molecule is Cc1cnn(C[C@@H](C)NCc2nnc(C3CC3)o2)c1. The van der Waals surface area contributed by atoms with E-state index < -0.39 is 0 Å². The summed E-state index contributed by atoms with van der Waals surface area (Å²) < 4.78 is 7.55. The third-order valence-electron chi connectivity index (χ3n) is 3.23. The summed E-state index contributed by atoms with van der Waals surface area (Å²) in [5.41, 5.74) is 1.18. The Balaban J connectivity index is 1.47. The van der Waals surface area contributed by atoms with Crippen LogP contribution in [0.2, 0.25) is 0 Å². The maximum atomic E-state index is 5.61. The molecule has 1 N–H and O–H groups in total. The predicted octanol–water partition coefficient (Wildman–Crippen LogP) is 1.63. The van der Waals surface area contributed by atoms with Crippen molar-refractivity contribution in [2.45, 2.75) is 51.7 Å².